The Kier molecular flexibility index (Phi) is 8.58. The van der Waals surface area contributed by atoms with Gasteiger partial charge in [0.15, 0.2) is 0 Å². The number of hydrazone groups is 1. The zero-order chi connectivity index (χ0) is 20.0. The minimum Gasteiger partial charge on any atom is -0.744 e. The molecule has 15 heteroatoms. The van der Waals surface area contributed by atoms with E-state index < -0.39 is 53.8 Å². The third kappa shape index (κ3) is 5.64. The molecule has 0 bridgehead atoms. The fraction of sp³-hybridized carbons (Fsp3) is 0.0714. The molecule has 3 rings (SSSR count). The Morgan fingerprint density at radius 1 is 1.07 bits per heavy atom. The molecular weight excluding hydrogens is 450 g/mol. The molecule has 2 aromatic rings. The van der Waals surface area contributed by atoms with E-state index in [1.807, 2.05) is 0 Å². The number of hydrogen-bond donors (Lipinski definition) is 0. The zero-order valence-corrected chi connectivity index (χ0v) is 20.7. The Morgan fingerprint density at radius 3 is 2.24 bits per heavy atom. The van der Waals surface area contributed by atoms with Crippen LogP contribution in [0.3, 0.4) is 0 Å². The van der Waals surface area contributed by atoms with Crippen LogP contribution in [0.5, 0.6) is 0 Å². The molecule has 0 unspecified atom stereocenters. The van der Waals surface area contributed by atoms with Crippen LogP contribution in [-0.4, -0.2) is 43.3 Å². The van der Waals surface area contributed by atoms with Gasteiger partial charge in [0, 0.05) is 0 Å². The number of rotatable bonds is 5. The van der Waals surface area contributed by atoms with Gasteiger partial charge in [-0.25, -0.2) is 16.8 Å². The van der Waals surface area contributed by atoms with Gasteiger partial charge in [0.05, 0.1) is 33.7 Å². The number of ketones is 1. The van der Waals surface area contributed by atoms with E-state index in [1.165, 1.54) is 12.3 Å². The molecule has 0 aliphatic carbocycles. The Bertz CT molecular complexity index is 1190. The van der Waals surface area contributed by atoms with Gasteiger partial charge in [0.1, 0.15) is 32.2 Å². The summed E-state index contributed by atoms with van der Waals surface area (Å²) in [5, 5.41) is 4.11. The maximum atomic E-state index is 12.2. The van der Waals surface area contributed by atoms with Crippen LogP contribution in [0, 0.1) is 0 Å². The van der Waals surface area contributed by atoms with Crippen LogP contribution < -0.4 is 64.1 Å². The summed E-state index contributed by atoms with van der Waals surface area (Å²) >= 11 is 0. The van der Waals surface area contributed by atoms with E-state index in [1.54, 1.807) is 0 Å². The van der Waals surface area contributed by atoms with Gasteiger partial charge in [-0.1, -0.05) is 0 Å². The second kappa shape index (κ2) is 9.51. The molecule has 0 fully saturated rings. The monoisotopic (exact) mass is 458 g/mol. The maximum Gasteiger partial charge on any atom is 1.00 e. The summed E-state index contributed by atoms with van der Waals surface area (Å²) < 4.78 is 72.6. The van der Waals surface area contributed by atoms with Gasteiger partial charge >= 0.3 is 59.1 Å². The van der Waals surface area contributed by atoms with E-state index in [0.717, 1.165) is 6.26 Å². The minimum atomic E-state index is -5.15. The van der Waals surface area contributed by atoms with Crippen molar-refractivity contribution < 1.29 is 99.1 Å². The molecule has 0 atom stereocenters. The topological polar surface area (TPSA) is 177 Å². The van der Waals surface area contributed by atoms with Gasteiger partial charge in [-0.15, -0.1) is 0 Å². The molecule has 0 spiro atoms. The smallest absolute Gasteiger partial charge is 0.744 e. The van der Waals surface area contributed by atoms with Crippen molar-refractivity contribution in [1.29, 1.82) is 0 Å². The summed E-state index contributed by atoms with van der Waals surface area (Å²) in [6.07, 6.45) is 1.79. The Morgan fingerprint density at radius 2 is 1.72 bits per heavy atom. The Balaban J connectivity index is 0.00000210. The third-order valence-electron chi connectivity index (χ3n) is 3.54. The van der Waals surface area contributed by atoms with E-state index >= 15 is 0 Å². The van der Waals surface area contributed by atoms with Crippen molar-refractivity contribution in [1.82, 2.24) is 0 Å². The summed E-state index contributed by atoms with van der Waals surface area (Å²) in [5.41, 5.74) is -0.941. The van der Waals surface area contributed by atoms with Crippen LogP contribution in [0.2, 0.25) is 0 Å². The molecule has 1 amide bonds. The van der Waals surface area contributed by atoms with Crippen molar-refractivity contribution in [3.05, 3.63) is 42.4 Å². The average molecular weight is 458 g/mol. The van der Waals surface area contributed by atoms with Gasteiger partial charge in [-0.05, 0) is 24.3 Å². The van der Waals surface area contributed by atoms with Crippen LogP contribution in [0.4, 0.5) is 5.69 Å². The number of nitrogens with zero attached hydrogens (tertiary/aromatic N) is 2. The number of amides is 1. The van der Waals surface area contributed by atoms with Crippen molar-refractivity contribution in [2.24, 2.45) is 5.10 Å². The molecule has 142 valence electrons. The largest absolute Gasteiger partial charge is 1.00 e. The summed E-state index contributed by atoms with van der Waals surface area (Å²) in [4.78, 5) is 22.6. The SMILES string of the molecule is O=C(C1=NN(c2cc(S(=O)(=O)[O-])ccc2S(=O)(=O)[O-])C(=O)C1)c1ccoc1.[Na+].[Na+]. The van der Waals surface area contributed by atoms with Crippen LogP contribution >= 0.6 is 0 Å². The van der Waals surface area contributed by atoms with Crippen LogP contribution in [-0.2, 0) is 25.0 Å². The normalized spacial score (nSPS) is 14.1. The van der Waals surface area contributed by atoms with Gasteiger partial charge < -0.3 is 13.5 Å². The van der Waals surface area contributed by atoms with Gasteiger partial charge in [0.25, 0.3) is 5.91 Å². The summed E-state index contributed by atoms with van der Waals surface area (Å²) in [7, 11) is -10.2. The first-order valence-electron chi connectivity index (χ1n) is 7.01. The maximum absolute atomic E-state index is 12.2. The molecule has 1 aromatic carbocycles. The Labute approximate surface area is 209 Å². The van der Waals surface area contributed by atoms with E-state index in [-0.39, 0.29) is 70.4 Å². The molecule has 2 heterocycles. The van der Waals surface area contributed by atoms with Crippen molar-refractivity contribution >= 4 is 43.3 Å². The molecule has 0 saturated carbocycles. The van der Waals surface area contributed by atoms with Gasteiger partial charge in [0.2, 0.25) is 5.78 Å². The van der Waals surface area contributed by atoms with E-state index in [2.05, 4.69) is 5.10 Å². The number of carbonyl (C=O) groups is 2. The summed E-state index contributed by atoms with van der Waals surface area (Å²) in [6.45, 7) is 0. The van der Waals surface area contributed by atoms with Crippen LogP contribution in [0.1, 0.15) is 16.8 Å². The van der Waals surface area contributed by atoms with Crippen LogP contribution in [0.25, 0.3) is 0 Å². The van der Waals surface area contributed by atoms with E-state index in [4.69, 9.17) is 4.42 Å². The molecule has 1 aliphatic rings. The van der Waals surface area contributed by atoms with Crippen molar-refractivity contribution in [2.75, 3.05) is 5.01 Å². The predicted octanol–water partition coefficient (Wildman–Crippen LogP) is -5.93. The molecule has 29 heavy (non-hydrogen) atoms. The fourth-order valence-electron chi connectivity index (χ4n) is 2.33. The minimum absolute atomic E-state index is 0. The van der Waals surface area contributed by atoms with E-state index in [9.17, 15) is 35.5 Å². The number of Topliss-reactive ketones (excluding diaryl/α,β-unsaturated/α-hetero) is 1. The van der Waals surface area contributed by atoms with Gasteiger partial charge in [-0.2, -0.15) is 10.1 Å². The standard InChI is InChI=1S/C14H10N2O9S2.2Na/c17-13-6-10(14(18)8-3-4-25-7-8)15-16(13)11-5-9(26(19,20)21)1-2-12(11)27(22,23)24;;/h1-5,7H,6H2,(H,19,20,21)(H,22,23,24);;/q;2*+1/p-2. The molecule has 1 aromatic heterocycles. The molecule has 1 aliphatic heterocycles. The number of furan rings is 1. The zero-order valence-electron chi connectivity index (χ0n) is 15.1. The van der Waals surface area contributed by atoms with Crippen molar-refractivity contribution in [3.8, 4) is 0 Å². The molecule has 0 radical (unpaired) electrons. The molecule has 0 N–H and O–H groups in total. The summed E-state index contributed by atoms with van der Waals surface area (Å²) in [5.74, 6) is -1.58. The third-order valence-corrected chi connectivity index (χ3v) is 5.25. The first kappa shape index (κ1) is 26.2. The number of anilines is 1. The second-order valence-electron chi connectivity index (χ2n) is 5.31. The first-order chi connectivity index (χ1) is 12.5. The average Bonchev–Trinajstić information content (AvgIpc) is 3.21. The fourth-order valence-corrected chi connectivity index (χ4v) is 3.46. The number of benzene rings is 1. The number of carbonyl (C=O) groups excluding carboxylic acids is 2. The second-order valence-corrected chi connectivity index (χ2v) is 8.04. The van der Waals surface area contributed by atoms with Gasteiger partial charge in [-0.3, -0.25) is 9.59 Å². The Hall–Kier alpha value is -0.870. The summed E-state index contributed by atoms with van der Waals surface area (Å²) in [6, 6.07) is 3.06. The predicted molar refractivity (Wildman–Crippen MR) is 84.9 cm³/mol. The molecular formula is C14H8N2Na2O9S2. The first-order valence-corrected chi connectivity index (χ1v) is 9.83. The van der Waals surface area contributed by atoms with Crippen molar-refractivity contribution in [3.63, 3.8) is 0 Å². The van der Waals surface area contributed by atoms with Crippen LogP contribution in [0.15, 0.2) is 56.1 Å². The van der Waals surface area contributed by atoms with E-state index in [0.29, 0.717) is 23.2 Å². The molecule has 11 nitrogen and oxygen atoms in total. The quantitative estimate of drug-likeness (QED) is 0.240. The molecule has 0 saturated heterocycles. The number of hydrogen-bond acceptors (Lipinski definition) is 10. The van der Waals surface area contributed by atoms with Crippen molar-refractivity contribution in [2.45, 2.75) is 16.2 Å².